The van der Waals surface area contributed by atoms with Gasteiger partial charge in [-0.05, 0) is 84.9 Å². The molecule has 0 aliphatic carbocycles. The van der Waals surface area contributed by atoms with E-state index in [1.54, 1.807) is 6.20 Å². The molecule has 7 rings (SSSR count). The molecule has 0 saturated carbocycles. The van der Waals surface area contributed by atoms with E-state index in [0.717, 1.165) is 19.5 Å². The van der Waals surface area contributed by atoms with E-state index in [-0.39, 0.29) is 26.0 Å². The zero-order valence-electron chi connectivity index (χ0n) is 30.8. The summed E-state index contributed by atoms with van der Waals surface area (Å²) in [6.07, 6.45) is 1.70. The first kappa shape index (κ1) is 46.0. The Morgan fingerprint density at radius 1 is 0.436 bits per heavy atom. The van der Waals surface area contributed by atoms with Gasteiger partial charge >= 0.3 is 19.5 Å². The van der Waals surface area contributed by atoms with Gasteiger partial charge in [0.25, 0.3) is 11.9 Å². The molecule has 1 aromatic heterocycles. The minimum atomic E-state index is -0.877. The Morgan fingerprint density at radius 3 is 0.782 bits per heavy atom. The van der Waals surface area contributed by atoms with Gasteiger partial charge in [-0.15, -0.1) is 6.54 Å². The van der Waals surface area contributed by atoms with Gasteiger partial charge < -0.3 is 15.9 Å². The number of hydrogen-bond donors (Lipinski definition) is 2. The molecule has 0 fully saturated rings. The van der Waals surface area contributed by atoms with E-state index in [2.05, 4.69) is 187 Å². The van der Waals surface area contributed by atoms with Crippen LogP contribution in [0.25, 0.3) is 5.73 Å². The number of carboxylic acid groups (broad SMARTS) is 2. The molecule has 1 radical (unpaired) electrons. The smallest absolute Gasteiger partial charge is 0.672 e. The third-order valence-corrected chi connectivity index (χ3v) is 12.7. The summed E-state index contributed by atoms with van der Waals surface area (Å²) < 4.78 is 0. The van der Waals surface area contributed by atoms with E-state index >= 15 is 0 Å². The number of nitrogens with one attached hydrogen (secondary N) is 1. The third-order valence-electron chi connectivity index (χ3n) is 7.28. The molecule has 1 heterocycles. The molecule has 0 aliphatic heterocycles. The molecule has 7 aromatic rings. The number of aromatic nitrogens is 1. The van der Waals surface area contributed by atoms with Crippen molar-refractivity contribution in [3.63, 3.8) is 0 Å². The second-order valence-electron chi connectivity index (χ2n) is 11.5. The van der Waals surface area contributed by atoms with Gasteiger partial charge in [-0.1, -0.05) is 115 Å². The van der Waals surface area contributed by atoms with Crippen LogP contribution in [-0.4, -0.2) is 27.1 Å². The van der Waals surface area contributed by atoms with Crippen molar-refractivity contribution < 1.29 is 39.3 Å². The van der Waals surface area contributed by atoms with Crippen LogP contribution in [0.5, 0.6) is 0 Å². The van der Waals surface area contributed by atoms with E-state index in [1.165, 1.54) is 31.8 Å². The SMILES string of the molecule is CC(=O)O.CC(=O)O.[NH-]Cc1ccccn1.[Ru+].c1ccc([PH+](c2ccccc2)c2ccccc2)cc1.c1ccc([PH+](c2ccccc2)c2ccccc2)cc1. The fourth-order valence-electron chi connectivity index (χ4n) is 5.13. The van der Waals surface area contributed by atoms with Crippen LogP contribution in [0.15, 0.2) is 206 Å². The molecule has 9 heteroatoms. The Morgan fingerprint density at radius 2 is 0.636 bits per heavy atom. The minimum absolute atomic E-state index is 0. The molecular formula is C46H47N2O4P2Ru+2. The van der Waals surface area contributed by atoms with Crippen LogP contribution in [0.2, 0.25) is 0 Å². The van der Waals surface area contributed by atoms with E-state index in [0.29, 0.717) is 0 Å². The standard InChI is InChI=1S/2C18H15P.C6H7N2.2C2H4O2.Ru/c2*1-4-10-16(11-5-1)19(17-12-6-2-7-13-17)18-14-8-3-9-15-18;7-5-6-3-1-2-4-8-6;2*1-2(3)4;/h2*1-15H;1-4,7H,5H2;2*1H3,(H,3,4);/q;;-1;;;+1/p+2. The van der Waals surface area contributed by atoms with Crippen molar-refractivity contribution in [3.8, 4) is 0 Å². The van der Waals surface area contributed by atoms with Crippen LogP contribution in [0, 0.1) is 0 Å². The van der Waals surface area contributed by atoms with E-state index in [9.17, 15) is 0 Å². The number of nitrogens with zero attached hydrogens (tertiary/aromatic N) is 1. The summed E-state index contributed by atoms with van der Waals surface area (Å²) in [5.41, 5.74) is 7.71. The van der Waals surface area contributed by atoms with Gasteiger partial charge in [-0.25, -0.2) is 0 Å². The maximum atomic E-state index is 9.00. The summed E-state index contributed by atoms with van der Waals surface area (Å²) in [5.74, 6) is -1.67. The summed E-state index contributed by atoms with van der Waals surface area (Å²) in [5, 5.41) is 23.4. The molecule has 6 aromatic carbocycles. The Labute approximate surface area is 340 Å². The predicted molar refractivity (Wildman–Crippen MR) is 232 cm³/mol. The van der Waals surface area contributed by atoms with Gasteiger partial charge in [-0.3, -0.25) is 14.6 Å². The zero-order chi connectivity index (χ0) is 38.8. The van der Waals surface area contributed by atoms with Crippen molar-refractivity contribution >= 4 is 59.6 Å². The van der Waals surface area contributed by atoms with Crippen LogP contribution in [-0.2, 0) is 35.6 Å². The largest absolute Gasteiger partial charge is 1.00 e. The average Bonchev–Trinajstić information content (AvgIpc) is 3.21. The van der Waals surface area contributed by atoms with E-state index < -0.39 is 27.8 Å². The van der Waals surface area contributed by atoms with Gasteiger partial charge in [-0.2, -0.15) is 0 Å². The number of hydrogen-bond acceptors (Lipinski definition) is 3. The number of aliphatic carboxylic acids is 2. The first-order chi connectivity index (χ1) is 26.3. The molecule has 0 saturated heterocycles. The number of benzene rings is 6. The molecule has 0 bridgehead atoms. The Hall–Kier alpha value is -5.15. The summed E-state index contributed by atoms with van der Waals surface area (Å²) in [6.45, 7) is 2.45. The van der Waals surface area contributed by atoms with Crippen LogP contribution < -0.4 is 31.8 Å². The maximum Gasteiger partial charge on any atom is 1.00 e. The topological polar surface area (TPSA) is 111 Å². The van der Waals surface area contributed by atoms with Crippen LogP contribution in [0.3, 0.4) is 0 Å². The molecule has 281 valence electrons. The summed E-state index contributed by atoms with van der Waals surface area (Å²) >= 11 is 0. The predicted octanol–water partition coefficient (Wildman–Crippen LogP) is 8.17. The van der Waals surface area contributed by atoms with Crippen molar-refractivity contribution in [1.82, 2.24) is 4.98 Å². The molecule has 0 aliphatic rings. The van der Waals surface area contributed by atoms with Crippen molar-refractivity contribution in [2.45, 2.75) is 20.4 Å². The molecule has 6 nitrogen and oxygen atoms in total. The van der Waals surface area contributed by atoms with Crippen LogP contribution in [0.1, 0.15) is 19.5 Å². The van der Waals surface area contributed by atoms with Gasteiger partial charge in [0, 0.05) is 25.7 Å². The number of carboxylic acids is 2. The number of carbonyl (C=O) groups is 2. The molecule has 0 atom stereocenters. The molecular weight excluding hydrogens is 808 g/mol. The van der Waals surface area contributed by atoms with E-state index in [4.69, 9.17) is 25.5 Å². The van der Waals surface area contributed by atoms with Crippen molar-refractivity contribution in [3.05, 3.63) is 218 Å². The van der Waals surface area contributed by atoms with E-state index in [1.807, 2.05) is 18.2 Å². The molecule has 0 unspecified atom stereocenters. The van der Waals surface area contributed by atoms with Crippen LogP contribution >= 0.6 is 15.8 Å². The van der Waals surface area contributed by atoms with Crippen molar-refractivity contribution in [1.29, 1.82) is 0 Å². The third kappa shape index (κ3) is 18.2. The summed E-state index contributed by atoms with van der Waals surface area (Å²) in [6, 6.07) is 70.6. The number of pyridine rings is 1. The molecule has 55 heavy (non-hydrogen) atoms. The summed E-state index contributed by atoms with van der Waals surface area (Å²) in [4.78, 5) is 21.9. The quantitative estimate of drug-likeness (QED) is 0.124. The summed E-state index contributed by atoms with van der Waals surface area (Å²) in [7, 11) is -1.75. The first-order valence-corrected chi connectivity index (χ1v) is 20.3. The maximum absolute atomic E-state index is 9.00. The minimum Gasteiger partial charge on any atom is -0.672 e. The molecule has 0 amide bonds. The Balaban J connectivity index is 0.000000272. The second kappa shape index (κ2) is 27.4. The van der Waals surface area contributed by atoms with Gasteiger partial charge in [0.15, 0.2) is 0 Å². The van der Waals surface area contributed by atoms with Crippen molar-refractivity contribution in [2.24, 2.45) is 0 Å². The second-order valence-corrected chi connectivity index (χ2v) is 16.4. The zero-order valence-corrected chi connectivity index (χ0v) is 34.6. The van der Waals surface area contributed by atoms with Crippen LogP contribution in [0.4, 0.5) is 0 Å². The van der Waals surface area contributed by atoms with Crippen molar-refractivity contribution in [2.75, 3.05) is 0 Å². The first-order valence-electron chi connectivity index (χ1n) is 17.3. The fourth-order valence-corrected chi connectivity index (χ4v) is 10.3. The number of rotatable bonds is 7. The fraction of sp³-hybridized carbons (Fsp3) is 0.0652. The monoisotopic (exact) mass is 855 g/mol. The Kier molecular flexibility index (Phi) is 23.0. The van der Waals surface area contributed by atoms with Gasteiger partial charge in [0.05, 0.1) is 15.8 Å². The van der Waals surface area contributed by atoms with Gasteiger partial charge in [0.1, 0.15) is 31.8 Å². The average molecular weight is 855 g/mol. The van der Waals surface area contributed by atoms with Gasteiger partial charge in [0.2, 0.25) is 0 Å². The Bertz CT molecular complexity index is 1690. The molecule has 3 N–H and O–H groups in total. The normalized spacial score (nSPS) is 9.55. The molecule has 0 spiro atoms.